The van der Waals surface area contributed by atoms with Gasteiger partial charge in [0.05, 0.1) is 18.2 Å². The molecule has 4 heterocycles. The molecule has 0 radical (unpaired) electrons. The first-order valence-electron chi connectivity index (χ1n) is 11.1. The molecule has 0 N–H and O–H groups in total. The highest BCUT2D eigenvalue weighted by molar-refractivity contribution is 5.86. The Kier molecular flexibility index (Phi) is 3.79. The van der Waals surface area contributed by atoms with Gasteiger partial charge in [0, 0.05) is 24.0 Å². The maximum atomic E-state index is 6.82. The fourth-order valence-electron chi connectivity index (χ4n) is 6.72. The third-order valence-electron chi connectivity index (χ3n) is 7.74. The molecule has 6 rings (SSSR count). The molecule has 3 atom stereocenters. The third-order valence-corrected chi connectivity index (χ3v) is 7.74. The molecule has 3 aliphatic heterocycles. The van der Waals surface area contributed by atoms with E-state index in [-0.39, 0.29) is 11.1 Å². The van der Waals surface area contributed by atoms with E-state index in [2.05, 4.69) is 77.9 Å². The summed E-state index contributed by atoms with van der Waals surface area (Å²) in [4.78, 5) is 2.76. The Morgan fingerprint density at radius 2 is 1.79 bits per heavy atom. The first-order chi connectivity index (χ1) is 14.1. The number of ether oxygens (including phenoxy) is 1. The van der Waals surface area contributed by atoms with Crippen LogP contribution in [0.4, 0.5) is 0 Å². The van der Waals surface area contributed by atoms with Crippen LogP contribution >= 0.6 is 0 Å². The molecule has 3 aromatic rings. The monoisotopic (exact) mass is 386 g/mol. The van der Waals surface area contributed by atoms with Crippen LogP contribution in [0.2, 0.25) is 0 Å². The molecule has 3 nitrogen and oxygen atoms in total. The summed E-state index contributed by atoms with van der Waals surface area (Å²) in [5.41, 5.74) is 5.66. The number of benzene rings is 2. The summed E-state index contributed by atoms with van der Waals surface area (Å²) in [7, 11) is 0. The van der Waals surface area contributed by atoms with E-state index in [1.54, 1.807) is 11.3 Å². The SMILES string of the molecule is CC12CCCN3CCc4c(n(c5ccccc45)C(C)(OCc4ccccc4)C1)C32. The Labute approximate surface area is 173 Å². The van der Waals surface area contributed by atoms with Crippen LogP contribution < -0.4 is 0 Å². The Morgan fingerprint density at radius 1 is 1.00 bits per heavy atom. The number of para-hydroxylation sites is 1. The van der Waals surface area contributed by atoms with E-state index in [1.807, 2.05) is 0 Å². The third kappa shape index (κ3) is 2.50. The molecule has 3 unspecified atom stereocenters. The Morgan fingerprint density at radius 3 is 2.66 bits per heavy atom. The summed E-state index contributed by atoms with van der Waals surface area (Å²) < 4.78 is 9.41. The molecule has 1 aromatic heterocycles. The molecule has 2 aromatic carbocycles. The summed E-state index contributed by atoms with van der Waals surface area (Å²) in [6.45, 7) is 7.94. The Balaban J connectivity index is 1.54. The molecule has 150 valence electrons. The number of aromatic nitrogens is 1. The van der Waals surface area contributed by atoms with Crippen LogP contribution in [0.1, 0.15) is 56.0 Å². The van der Waals surface area contributed by atoms with Crippen LogP contribution in [0.5, 0.6) is 0 Å². The van der Waals surface area contributed by atoms with Crippen molar-refractivity contribution < 1.29 is 4.74 Å². The average Bonchev–Trinajstić information content (AvgIpc) is 3.08. The normalized spacial score (nSPS) is 31.0. The van der Waals surface area contributed by atoms with Crippen molar-refractivity contribution >= 4 is 10.9 Å². The topological polar surface area (TPSA) is 17.4 Å². The van der Waals surface area contributed by atoms with E-state index in [1.165, 1.54) is 42.4 Å². The van der Waals surface area contributed by atoms with Crippen molar-refractivity contribution in [3.63, 3.8) is 0 Å². The molecular weight excluding hydrogens is 356 g/mol. The molecule has 3 heteroatoms. The average molecular weight is 387 g/mol. The number of hydrogen-bond acceptors (Lipinski definition) is 2. The van der Waals surface area contributed by atoms with Gasteiger partial charge in [0.2, 0.25) is 0 Å². The fourth-order valence-corrected chi connectivity index (χ4v) is 6.72. The maximum absolute atomic E-state index is 6.82. The smallest absolute Gasteiger partial charge is 0.143 e. The van der Waals surface area contributed by atoms with Crippen molar-refractivity contribution in [1.29, 1.82) is 0 Å². The lowest BCUT2D eigenvalue weighted by Gasteiger charge is -2.58. The van der Waals surface area contributed by atoms with E-state index < -0.39 is 0 Å². The quantitative estimate of drug-likeness (QED) is 0.580. The zero-order valence-electron chi connectivity index (χ0n) is 17.5. The lowest BCUT2D eigenvalue weighted by molar-refractivity contribution is -0.169. The summed E-state index contributed by atoms with van der Waals surface area (Å²) in [6.07, 6.45) is 4.82. The molecule has 0 bridgehead atoms. The number of hydrogen-bond donors (Lipinski definition) is 0. The van der Waals surface area contributed by atoms with Gasteiger partial charge in [-0.1, -0.05) is 55.5 Å². The van der Waals surface area contributed by atoms with Gasteiger partial charge in [0.1, 0.15) is 5.72 Å². The first-order valence-corrected chi connectivity index (χ1v) is 11.1. The highest BCUT2D eigenvalue weighted by atomic mass is 16.5. The number of rotatable bonds is 3. The van der Waals surface area contributed by atoms with Crippen LogP contribution in [0.15, 0.2) is 54.6 Å². The largest absolute Gasteiger partial charge is 0.351 e. The van der Waals surface area contributed by atoms with E-state index in [0.29, 0.717) is 12.6 Å². The minimum Gasteiger partial charge on any atom is -0.351 e. The Hall–Kier alpha value is -2.10. The highest BCUT2D eigenvalue weighted by Crippen LogP contribution is 2.59. The van der Waals surface area contributed by atoms with Crippen molar-refractivity contribution in [2.24, 2.45) is 5.41 Å². The Bertz CT molecular complexity index is 1070. The van der Waals surface area contributed by atoms with Crippen LogP contribution in [0.3, 0.4) is 0 Å². The zero-order chi connectivity index (χ0) is 19.6. The second-order valence-electron chi connectivity index (χ2n) is 9.79. The lowest BCUT2D eigenvalue weighted by Crippen LogP contribution is -2.56. The minimum atomic E-state index is -0.325. The standard InChI is InChI=1S/C26H30N2O/c1-25-14-8-15-27-16-13-21-20-11-6-7-12-22(20)28(23(21)24(25)27)26(2,18-25)29-17-19-9-4-3-5-10-19/h3-7,9-12,24H,8,13-18H2,1-2H3. The highest BCUT2D eigenvalue weighted by Gasteiger charge is 2.55. The van der Waals surface area contributed by atoms with E-state index >= 15 is 0 Å². The van der Waals surface area contributed by atoms with Crippen molar-refractivity contribution in [2.45, 2.75) is 57.9 Å². The van der Waals surface area contributed by atoms with Gasteiger partial charge in [-0.05, 0) is 55.3 Å². The number of nitrogens with zero attached hydrogens (tertiary/aromatic N) is 2. The van der Waals surface area contributed by atoms with Crippen molar-refractivity contribution in [1.82, 2.24) is 9.47 Å². The van der Waals surface area contributed by atoms with Gasteiger partial charge in [-0.3, -0.25) is 4.90 Å². The predicted molar refractivity (Wildman–Crippen MR) is 117 cm³/mol. The molecule has 29 heavy (non-hydrogen) atoms. The van der Waals surface area contributed by atoms with Gasteiger partial charge in [0.25, 0.3) is 0 Å². The lowest BCUT2D eigenvalue weighted by atomic mass is 9.65. The van der Waals surface area contributed by atoms with Gasteiger partial charge < -0.3 is 9.30 Å². The van der Waals surface area contributed by atoms with Crippen molar-refractivity contribution in [3.8, 4) is 0 Å². The molecule has 0 spiro atoms. The summed E-state index contributed by atoms with van der Waals surface area (Å²) in [6, 6.07) is 20.1. The summed E-state index contributed by atoms with van der Waals surface area (Å²) in [5.74, 6) is 0. The van der Waals surface area contributed by atoms with Gasteiger partial charge >= 0.3 is 0 Å². The van der Waals surface area contributed by atoms with Crippen LogP contribution in [0, 0.1) is 5.41 Å². The van der Waals surface area contributed by atoms with Gasteiger partial charge in [0.15, 0.2) is 0 Å². The van der Waals surface area contributed by atoms with Crippen molar-refractivity contribution in [2.75, 3.05) is 13.1 Å². The van der Waals surface area contributed by atoms with Gasteiger partial charge in [-0.15, -0.1) is 0 Å². The minimum absolute atomic E-state index is 0.267. The molecular formula is C26H30N2O. The summed E-state index contributed by atoms with van der Waals surface area (Å²) in [5, 5.41) is 1.44. The van der Waals surface area contributed by atoms with Crippen LogP contribution in [-0.2, 0) is 23.5 Å². The van der Waals surface area contributed by atoms with Crippen molar-refractivity contribution in [3.05, 3.63) is 71.4 Å². The second kappa shape index (κ2) is 6.20. The second-order valence-corrected chi connectivity index (χ2v) is 9.79. The maximum Gasteiger partial charge on any atom is 0.143 e. The van der Waals surface area contributed by atoms with Crippen LogP contribution in [0.25, 0.3) is 10.9 Å². The predicted octanol–water partition coefficient (Wildman–Crippen LogP) is 5.63. The van der Waals surface area contributed by atoms with Gasteiger partial charge in [-0.2, -0.15) is 0 Å². The zero-order valence-corrected chi connectivity index (χ0v) is 17.5. The molecule has 0 amide bonds. The van der Waals surface area contributed by atoms with E-state index in [9.17, 15) is 0 Å². The van der Waals surface area contributed by atoms with E-state index in [4.69, 9.17) is 4.74 Å². The molecule has 3 aliphatic rings. The molecule has 1 saturated heterocycles. The van der Waals surface area contributed by atoms with E-state index in [0.717, 1.165) is 12.8 Å². The fraction of sp³-hybridized carbons (Fsp3) is 0.462. The number of fused-ring (bicyclic) bond motifs is 3. The van der Waals surface area contributed by atoms with Crippen LogP contribution in [-0.4, -0.2) is 22.6 Å². The molecule has 0 aliphatic carbocycles. The number of piperidine rings is 1. The van der Waals surface area contributed by atoms with Gasteiger partial charge in [-0.25, -0.2) is 0 Å². The molecule has 1 fully saturated rings. The summed E-state index contributed by atoms with van der Waals surface area (Å²) >= 11 is 0. The first kappa shape index (κ1) is 17.7. The molecule has 0 saturated carbocycles.